The molecule has 0 amide bonds. The van der Waals surface area contributed by atoms with Gasteiger partial charge in [0.25, 0.3) is 0 Å². The normalized spacial score (nSPS) is 12.4. The number of aryl methyl sites for hydroxylation is 1. The lowest BCUT2D eigenvalue weighted by Gasteiger charge is -2.28. The van der Waals surface area contributed by atoms with Gasteiger partial charge in [-0.2, -0.15) is 0 Å². The SMILES string of the molecule is Cc1c(O)c(-c2cccc(-c3cc(C(C)(C)C)c(O)c(C(C)(C)C)c3)c2Br)cc2ccccc12. The Morgan fingerprint density at radius 2 is 1.21 bits per heavy atom. The van der Waals surface area contributed by atoms with Crippen LogP contribution in [0.15, 0.2) is 65.1 Å². The second kappa shape index (κ2) is 8.46. The van der Waals surface area contributed by atoms with E-state index in [1.54, 1.807) is 0 Å². The molecule has 0 bridgehead atoms. The van der Waals surface area contributed by atoms with Crippen LogP contribution < -0.4 is 0 Å². The summed E-state index contributed by atoms with van der Waals surface area (Å²) in [5.74, 6) is 0.673. The van der Waals surface area contributed by atoms with Crippen LogP contribution in [0, 0.1) is 6.92 Å². The third kappa shape index (κ3) is 4.22. The highest BCUT2D eigenvalue weighted by Crippen LogP contribution is 2.46. The molecule has 0 aromatic heterocycles. The van der Waals surface area contributed by atoms with Crippen LogP contribution in [0.1, 0.15) is 58.2 Å². The van der Waals surface area contributed by atoms with E-state index >= 15 is 0 Å². The topological polar surface area (TPSA) is 40.5 Å². The van der Waals surface area contributed by atoms with E-state index in [2.05, 4.69) is 87.8 Å². The fourth-order valence-electron chi connectivity index (χ4n) is 4.62. The Kier molecular flexibility index (Phi) is 6.06. The number of fused-ring (bicyclic) bond motifs is 1. The lowest BCUT2D eigenvalue weighted by Crippen LogP contribution is -2.17. The van der Waals surface area contributed by atoms with Crippen molar-refractivity contribution in [2.75, 3.05) is 0 Å². The highest BCUT2D eigenvalue weighted by Gasteiger charge is 2.27. The number of aromatic hydroxyl groups is 2. The average molecular weight is 518 g/mol. The van der Waals surface area contributed by atoms with Crippen molar-refractivity contribution < 1.29 is 10.2 Å². The van der Waals surface area contributed by atoms with Gasteiger partial charge in [0.2, 0.25) is 0 Å². The Morgan fingerprint density at radius 3 is 1.79 bits per heavy atom. The molecule has 2 N–H and O–H groups in total. The Bertz CT molecular complexity index is 1370. The van der Waals surface area contributed by atoms with Gasteiger partial charge in [0.05, 0.1) is 0 Å². The van der Waals surface area contributed by atoms with Crippen LogP contribution in [0.25, 0.3) is 33.0 Å². The van der Waals surface area contributed by atoms with Crippen LogP contribution in [0.3, 0.4) is 0 Å². The van der Waals surface area contributed by atoms with Gasteiger partial charge in [-0.1, -0.05) is 84.0 Å². The molecule has 4 aromatic rings. The van der Waals surface area contributed by atoms with Gasteiger partial charge < -0.3 is 10.2 Å². The van der Waals surface area contributed by atoms with E-state index in [-0.39, 0.29) is 10.8 Å². The molecule has 4 rings (SSSR count). The molecule has 0 aliphatic heterocycles. The van der Waals surface area contributed by atoms with E-state index in [1.807, 2.05) is 37.3 Å². The van der Waals surface area contributed by atoms with Gasteiger partial charge in [-0.25, -0.2) is 0 Å². The number of hydrogen-bond acceptors (Lipinski definition) is 2. The quantitative estimate of drug-likeness (QED) is 0.278. The molecule has 0 fully saturated rings. The summed E-state index contributed by atoms with van der Waals surface area (Å²) in [7, 11) is 0. The first-order valence-corrected chi connectivity index (χ1v) is 12.5. The van der Waals surface area contributed by atoms with Gasteiger partial charge in [-0.3, -0.25) is 0 Å². The Morgan fingerprint density at radius 1 is 0.647 bits per heavy atom. The second-order valence-electron chi connectivity index (χ2n) is 11.2. The largest absolute Gasteiger partial charge is 0.507 e. The van der Waals surface area contributed by atoms with Crippen LogP contribution in [0.5, 0.6) is 11.5 Å². The van der Waals surface area contributed by atoms with Crippen LogP contribution in [-0.2, 0) is 10.8 Å². The smallest absolute Gasteiger partial charge is 0.126 e. The van der Waals surface area contributed by atoms with E-state index < -0.39 is 0 Å². The average Bonchev–Trinajstić information content (AvgIpc) is 2.75. The molecule has 0 atom stereocenters. The molecular weight excluding hydrogens is 484 g/mol. The minimum Gasteiger partial charge on any atom is -0.507 e. The standard InChI is InChI=1S/C31H33BrO2/c1-18-21-12-9-8-11-19(21)15-24(28(18)33)23-14-10-13-22(27(23)32)20-16-25(30(2,3)4)29(34)26(17-20)31(5,6)7/h8-17,33-34H,1-7H3. The molecule has 4 aromatic carbocycles. The molecule has 0 heterocycles. The van der Waals surface area contributed by atoms with Crippen molar-refractivity contribution in [3.05, 3.63) is 81.8 Å². The zero-order chi connectivity index (χ0) is 25.0. The number of hydrogen-bond donors (Lipinski definition) is 2. The first kappa shape index (κ1) is 24.3. The Balaban J connectivity index is 1.99. The van der Waals surface area contributed by atoms with Crippen LogP contribution in [0.4, 0.5) is 0 Å². The van der Waals surface area contributed by atoms with E-state index in [4.69, 9.17) is 0 Å². The lowest BCUT2D eigenvalue weighted by molar-refractivity contribution is 0.423. The van der Waals surface area contributed by atoms with E-state index in [9.17, 15) is 10.2 Å². The summed E-state index contributed by atoms with van der Waals surface area (Å²) in [5.41, 5.74) is 6.11. The molecule has 0 aliphatic carbocycles. The predicted molar refractivity (Wildman–Crippen MR) is 148 cm³/mol. The third-order valence-corrected chi connectivity index (χ3v) is 7.46. The fraction of sp³-hybridized carbons (Fsp3) is 0.290. The Labute approximate surface area is 211 Å². The number of phenols is 2. The predicted octanol–water partition coefficient (Wildman–Crippen LogP) is 9.25. The summed E-state index contributed by atoms with van der Waals surface area (Å²) in [5, 5.41) is 24.4. The van der Waals surface area contributed by atoms with Crippen molar-refractivity contribution in [2.45, 2.75) is 59.3 Å². The first-order valence-electron chi connectivity index (χ1n) is 11.7. The minimum atomic E-state index is -0.210. The van der Waals surface area contributed by atoms with Crippen molar-refractivity contribution >= 4 is 26.7 Å². The summed E-state index contributed by atoms with van der Waals surface area (Å²) in [6.45, 7) is 14.7. The summed E-state index contributed by atoms with van der Waals surface area (Å²) < 4.78 is 0.922. The van der Waals surface area contributed by atoms with Crippen molar-refractivity contribution in [2.24, 2.45) is 0 Å². The van der Waals surface area contributed by atoms with E-state index in [0.717, 1.165) is 54.2 Å². The first-order chi connectivity index (χ1) is 15.8. The van der Waals surface area contributed by atoms with Crippen LogP contribution in [-0.4, -0.2) is 10.2 Å². The van der Waals surface area contributed by atoms with Crippen LogP contribution in [0.2, 0.25) is 0 Å². The highest BCUT2D eigenvalue weighted by atomic mass is 79.9. The highest BCUT2D eigenvalue weighted by molar-refractivity contribution is 9.10. The number of halogens is 1. The van der Waals surface area contributed by atoms with E-state index in [1.165, 1.54) is 0 Å². The van der Waals surface area contributed by atoms with Gasteiger partial charge in [0.1, 0.15) is 11.5 Å². The lowest BCUT2D eigenvalue weighted by atomic mass is 9.77. The van der Waals surface area contributed by atoms with Gasteiger partial charge in [0, 0.05) is 26.7 Å². The van der Waals surface area contributed by atoms with Crippen molar-refractivity contribution in [1.29, 1.82) is 0 Å². The summed E-state index contributed by atoms with van der Waals surface area (Å²) in [6, 6.07) is 20.5. The monoisotopic (exact) mass is 516 g/mol. The zero-order valence-corrected chi connectivity index (χ0v) is 22.6. The maximum Gasteiger partial charge on any atom is 0.126 e. The Hall–Kier alpha value is -2.78. The van der Waals surface area contributed by atoms with E-state index in [0.29, 0.717) is 11.5 Å². The molecule has 0 aliphatic rings. The van der Waals surface area contributed by atoms with Crippen molar-refractivity contribution in [3.8, 4) is 33.8 Å². The summed E-state index contributed by atoms with van der Waals surface area (Å²) >= 11 is 3.87. The molecule has 34 heavy (non-hydrogen) atoms. The third-order valence-electron chi connectivity index (χ3n) is 6.60. The number of phenolic OH excluding ortho intramolecular Hbond substituents is 2. The number of benzene rings is 4. The van der Waals surface area contributed by atoms with Crippen LogP contribution >= 0.6 is 15.9 Å². The minimum absolute atomic E-state index is 0.210. The maximum atomic E-state index is 11.2. The summed E-state index contributed by atoms with van der Waals surface area (Å²) in [4.78, 5) is 0. The molecule has 0 saturated carbocycles. The maximum absolute atomic E-state index is 11.2. The van der Waals surface area contributed by atoms with Crippen molar-refractivity contribution in [3.63, 3.8) is 0 Å². The van der Waals surface area contributed by atoms with Gasteiger partial charge in [-0.05, 0) is 79.3 Å². The molecular formula is C31H33BrO2. The second-order valence-corrected chi connectivity index (χ2v) is 12.0. The molecule has 2 nitrogen and oxygen atoms in total. The van der Waals surface area contributed by atoms with Gasteiger partial charge >= 0.3 is 0 Å². The molecule has 3 heteroatoms. The van der Waals surface area contributed by atoms with Gasteiger partial charge in [-0.15, -0.1) is 0 Å². The van der Waals surface area contributed by atoms with Crippen molar-refractivity contribution in [1.82, 2.24) is 0 Å². The molecule has 0 spiro atoms. The molecule has 0 radical (unpaired) electrons. The van der Waals surface area contributed by atoms with Gasteiger partial charge in [0.15, 0.2) is 0 Å². The molecule has 0 saturated heterocycles. The fourth-order valence-corrected chi connectivity index (χ4v) is 5.33. The molecule has 0 unspecified atom stereocenters. The summed E-state index contributed by atoms with van der Waals surface area (Å²) in [6.07, 6.45) is 0. The zero-order valence-electron chi connectivity index (χ0n) is 21.0. The number of rotatable bonds is 2. The molecule has 176 valence electrons.